The van der Waals surface area contributed by atoms with Crippen LogP contribution < -0.4 is 4.74 Å². The number of hydrogen-bond acceptors (Lipinski definition) is 5. The molecule has 1 aromatic heterocycles. The van der Waals surface area contributed by atoms with Crippen molar-refractivity contribution >= 4 is 28.0 Å². The van der Waals surface area contributed by atoms with E-state index in [4.69, 9.17) is 14.3 Å². The number of nitrogens with zero attached hydrogens (tertiary/aromatic N) is 2. The van der Waals surface area contributed by atoms with Gasteiger partial charge in [-0.1, -0.05) is 0 Å². The zero-order valence-corrected chi connectivity index (χ0v) is 11.4. The third-order valence-electron chi connectivity index (χ3n) is 2.21. The van der Waals surface area contributed by atoms with Crippen molar-refractivity contribution in [3.05, 3.63) is 34.6 Å². The van der Waals surface area contributed by atoms with E-state index in [9.17, 15) is 4.79 Å². The number of aromatic nitrogens is 2. The molecule has 1 aromatic carbocycles. The van der Waals surface area contributed by atoms with Crippen molar-refractivity contribution in [1.82, 2.24) is 10.2 Å². The Labute approximate surface area is 116 Å². The normalized spacial score (nSPS) is 10.8. The number of hydrogen-bond donors (Lipinski definition) is 1. The van der Waals surface area contributed by atoms with Gasteiger partial charge in [0.2, 0.25) is 11.8 Å². The van der Waals surface area contributed by atoms with Gasteiger partial charge in [0.15, 0.2) is 0 Å². The molecule has 19 heavy (non-hydrogen) atoms. The molecule has 0 atom stereocenters. The fourth-order valence-electron chi connectivity index (χ4n) is 1.35. The Kier molecular flexibility index (Phi) is 3.96. The van der Waals surface area contributed by atoms with Crippen molar-refractivity contribution in [3.8, 4) is 17.2 Å². The van der Waals surface area contributed by atoms with Crippen LogP contribution in [0.2, 0.25) is 0 Å². The highest BCUT2D eigenvalue weighted by Crippen LogP contribution is 2.30. The summed E-state index contributed by atoms with van der Waals surface area (Å²) in [7, 11) is 1.56. The fraction of sp³-hybridized carbons (Fsp3) is 0.0833. The maximum Gasteiger partial charge on any atom is 0.328 e. The van der Waals surface area contributed by atoms with Gasteiger partial charge in [-0.3, -0.25) is 0 Å². The van der Waals surface area contributed by atoms with E-state index in [0.717, 1.165) is 10.5 Å². The van der Waals surface area contributed by atoms with Crippen LogP contribution in [0.15, 0.2) is 33.2 Å². The fourth-order valence-corrected chi connectivity index (χ4v) is 1.76. The van der Waals surface area contributed by atoms with Gasteiger partial charge in [0, 0.05) is 16.6 Å². The van der Waals surface area contributed by atoms with Gasteiger partial charge in [-0.25, -0.2) is 4.79 Å². The number of carboxylic acid groups (broad SMARTS) is 1. The lowest BCUT2D eigenvalue weighted by Crippen LogP contribution is -1.85. The topological polar surface area (TPSA) is 85.5 Å². The molecule has 1 N–H and O–H groups in total. The van der Waals surface area contributed by atoms with Crippen molar-refractivity contribution in [3.63, 3.8) is 0 Å². The number of methoxy groups -OCH3 is 1. The Morgan fingerprint density at radius 3 is 2.95 bits per heavy atom. The summed E-state index contributed by atoms with van der Waals surface area (Å²) in [6, 6.07) is 5.32. The van der Waals surface area contributed by atoms with Crippen LogP contribution in [0.5, 0.6) is 5.75 Å². The van der Waals surface area contributed by atoms with E-state index in [-0.39, 0.29) is 11.8 Å². The Hall–Kier alpha value is -2.15. The highest BCUT2D eigenvalue weighted by Gasteiger charge is 2.12. The molecule has 0 fully saturated rings. The molecular formula is C12H9BrN2O4. The van der Waals surface area contributed by atoms with Gasteiger partial charge < -0.3 is 14.3 Å². The van der Waals surface area contributed by atoms with Crippen molar-refractivity contribution in [2.75, 3.05) is 7.11 Å². The van der Waals surface area contributed by atoms with Gasteiger partial charge in [-0.15, -0.1) is 10.2 Å². The molecule has 0 amide bonds. The molecule has 0 aliphatic rings. The van der Waals surface area contributed by atoms with Gasteiger partial charge in [-0.05, 0) is 34.1 Å². The van der Waals surface area contributed by atoms with Gasteiger partial charge in [0.05, 0.1) is 12.7 Å². The number of carbonyl (C=O) groups is 1. The number of rotatable bonds is 4. The van der Waals surface area contributed by atoms with Crippen LogP contribution in [0.3, 0.4) is 0 Å². The highest BCUT2D eigenvalue weighted by molar-refractivity contribution is 9.10. The van der Waals surface area contributed by atoms with Crippen LogP contribution in [0.25, 0.3) is 17.5 Å². The first kappa shape index (κ1) is 13.3. The van der Waals surface area contributed by atoms with Crippen molar-refractivity contribution < 1.29 is 19.1 Å². The quantitative estimate of drug-likeness (QED) is 0.870. The smallest absolute Gasteiger partial charge is 0.328 e. The summed E-state index contributed by atoms with van der Waals surface area (Å²) >= 11 is 3.37. The van der Waals surface area contributed by atoms with E-state index in [1.54, 1.807) is 25.3 Å². The maximum absolute atomic E-state index is 10.4. The average molecular weight is 325 g/mol. The molecule has 1 heterocycles. The van der Waals surface area contributed by atoms with Crippen LogP contribution >= 0.6 is 15.9 Å². The Morgan fingerprint density at radius 1 is 1.47 bits per heavy atom. The lowest BCUT2D eigenvalue weighted by atomic mass is 10.2. The summed E-state index contributed by atoms with van der Waals surface area (Å²) in [6.07, 6.45) is 2.16. The molecule has 2 aromatic rings. The monoisotopic (exact) mass is 324 g/mol. The molecule has 7 heteroatoms. The second-order valence-electron chi connectivity index (χ2n) is 3.46. The highest BCUT2D eigenvalue weighted by atomic mass is 79.9. The van der Waals surface area contributed by atoms with E-state index in [1.165, 1.54) is 6.08 Å². The zero-order valence-electron chi connectivity index (χ0n) is 9.83. The van der Waals surface area contributed by atoms with Crippen LogP contribution in [-0.4, -0.2) is 28.4 Å². The number of ether oxygens (including phenoxy) is 1. The molecule has 0 radical (unpaired) electrons. The van der Waals surface area contributed by atoms with Crippen molar-refractivity contribution in [2.24, 2.45) is 0 Å². The summed E-state index contributed by atoms with van der Waals surface area (Å²) in [5.74, 6) is -0.0377. The number of carboxylic acids is 1. The number of halogens is 1. The molecular weight excluding hydrogens is 316 g/mol. The summed E-state index contributed by atoms with van der Waals surface area (Å²) in [5, 5.41) is 16.1. The van der Waals surface area contributed by atoms with E-state index >= 15 is 0 Å². The molecule has 0 aliphatic heterocycles. The SMILES string of the molecule is COc1ccc(Br)c(-c2nnc(/C=C/C(=O)O)o2)c1. The lowest BCUT2D eigenvalue weighted by molar-refractivity contribution is -0.131. The summed E-state index contributed by atoms with van der Waals surface area (Å²) in [5.41, 5.74) is 0.668. The molecule has 2 rings (SSSR count). The third kappa shape index (κ3) is 3.19. The van der Waals surface area contributed by atoms with Gasteiger partial charge in [-0.2, -0.15) is 0 Å². The minimum atomic E-state index is -1.08. The Balaban J connectivity index is 2.34. The van der Waals surface area contributed by atoms with Crippen molar-refractivity contribution in [2.45, 2.75) is 0 Å². The standard InChI is InChI=1S/C12H9BrN2O4/c1-18-7-2-3-9(13)8(6-7)12-15-14-10(19-12)4-5-11(16)17/h2-6H,1H3,(H,16,17)/b5-4+. The summed E-state index contributed by atoms with van der Waals surface area (Å²) in [6.45, 7) is 0. The zero-order chi connectivity index (χ0) is 13.8. The molecule has 0 saturated carbocycles. The predicted octanol–water partition coefficient (Wildman–Crippen LogP) is 2.61. The molecule has 0 bridgehead atoms. The number of benzene rings is 1. The minimum Gasteiger partial charge on any atom is -0.497 e. The van der Waals surface area contributed by atoms with E-state index < -0.39 is 5.97 Å². The van der Waals surface area contributed by atoms with Crippen LogP contribution in [-0.2, 0) is 4.79 Å². The Morgan fingerprint density at radius 2 is 2.26 bits per heavy atom. The first-order chi connectivity index (χ1) is 9.10. The molecule has 0 unspecified atom stereocenters. The van der Waals surface area contributed by atoms with Gasteiger partial charge in [0.25, 0.3) is 0 Å². The predicted molar refractivity (Wildman–Crippen MR) is 70.7 cm³/mol. The van der Waals surface area contributed by atoms with E-state index in [2.05, 4.69) is 26.1 Å². The summed E-state index contributed by atoms with van der Waals surface area (Å²) < 4.78 is 11.2. The molecule has 0 aliphatic carbocycles. The second kappa shape index (κ2) is 5.66. The van der Waals surface area contributed by atoms with Gasteiger partial charge in [0.1, 0.15) is 5.75 Å². The molecule has 0 spiro atoms. The average Bonchev–Trinajstić information content (AvgIpc) is 2.85. The first-order valence-electron chi connectivity index (χ1n) is 5.18. The van der Waals surface area contributed by atoms with E-state index in [0.29, 0.717) is 11.3 Å². The van der Waals surface area contributed by atoms with Crippen LogP contribution in [0.1, 0.15) is 5.89 Å². The van der Waals surface area contributed by atoms with Gasteiger partial charge >= 0.3 is 5.97 Å². The molecule has 98 valence electrons. The second-order valence-corrected chi connectivity index (χ2v) is 4.32. The minimum absolute atomic E-state index is 0.118. The largest absolute Gasteiger partial charge is 0.497 e. The molecule has 0 saturated heterocycles. The lowest BCUT2D eigenvalue weighted by Gasteiger charge is -2.03. The van der Waals surface area contributed by atoms with Crippen molar-refractivity contribution in [1.29, 1.82) is 0 Å². The molecule has 6 nitrogen and oxygen atoms in total. The first-order valence-corrected chi connectivity index (χ1v) is 5.98. The Bertz CT molecular complexity index is 636. The number of aliphatic carboxylic acids is 1. The summed E-state index contributed by atoms with van der Waals surface area (Å²) in [4.78, 5) is 10.4. The third-order valence-corrected chi connectivity index (χ3v) is 2.90. The van der Waals surface area contributed by atoms with E-state index in [1.807, 2.05) is 0 Å². The maximum atomic E-state index is 10.4. The van der Waals surface area contributed by atoms with Crippen LogP contribution in [0.4, 0.5) is 0 Å². The van der Waals surface area contributed by atoms with Crippen LogP contribution in [0, 0.1) is 0 Å².